The zero-order chi connectivity index (χ0) is 41.6. The summed E-state index contributed by atoms with van der Waals surface area (Å²) in [6.45, 7) is 6.48. The highest BCUT2D eigenvalue weighted by molar-refractivity contribution is 7.89. The summed E-state index contributed by atoms with van der Waals surface area (Å²) in [6, 6.07) is 16.5. The average Bonchev–Trinajstić information content (AvgIpc) is 3.55. The van der Waals surface area contributed by atoms with Gasteiger partial charge in [0.05, 0.1) is 56.9 Å². The van der Waals surface area contributed by atoms with E-state index in [1.807, 2.05) is 63.5 Å². The van der Waals surface area contributed by atoms with E-state index in [4.69, 9.17) is 28.7 Å². The Hall–Kier alpha value is -5.71. The molecule has 1 aliphatic rings. The Morgan fingerprint density at radius 2 is 1.45 bits per heavy atom. The van der Waals surface area contributed by atoms with Gasteiger partial charge in [-0.15, -0.1) is 0 Å². The molecule has 0 aliphatic carbocycles. The van der Waals surface area contributed by atoms with Crippen LogP contribution in [-0.4, -0.2) is 111 Å². The first-order valence-electron chi connectivity index (χ1n) is 19.1. The maximum Gasteiger partial charge on any atom is 0.277 e. The third-order valence-corrected chi connectivity index (χ3v) is 11.9. The number of aryl methyl sites for hydroxylation is 2. The van der Waals surface area contributed by atoms with Gasteiger partial charge in [-0.3, -0.25) is 14.5 Å². The maximum atomic E-state index is 13.3. The Bertz CT molecular complexity index is 2570. The number of fused-ring (bicyclic) bond motifs is 2. The van der Waals surface area contributed by atoms with Crippen LogP contribution in [0.25, 0.3) is 33.2 Å². The van der Waals surface area contributed by atoms with Crippen molar-refractivity contribution in [2.45, 2.75) is 38.0 Å². The van der Waals surface area contributed by atoms with E-state index in [0.29, 0.717) is 91.0 Å². The van der Waals surface area contributed by atoms with E-state index in [1.165, 1.54) is 8.99 Å². The van der Waals surface area contributed by atoms with E-state index in [-0.39, 0.29) is 16.3 Å². The van der Waals surface area contributed by atoms with Crippen LogP contribution in [-0.2, 0) is 29.9 Å². The van der Waals surface area contributed by atoms with Crippen molar-refractivity contribution in [1.29, 1.82) is 0 Å². The van der Waals surface area contributed by atoms with Crippen LogP contribution in [0.2, 0.25) is 0 Å². The second-order valence-electron chi connectivity index (χ2n) is 13.8. The first-order chi connectivity index (χ1) is 27.9. The van der Waals surface area contributed by atoms with Crippen LogP contribution >= 0.6 is 0 Å². The summed E-state index contributed by atoms with van der Waals surface area (Å²) in [4.78, 5) is 27.2. The molecule has 1 fully saturated rings. The van der Waals surface area contributed by atoms with Gasteiger partial charge in [-0.05, 0) is 79.9 Å². The van der Waals surface area contributed by atoms with Crippen LogP contribution in [0.15, 0.2) is 70.5 Å². The van der Waals surface area contributed by atoms with E-state index in [0.717, 1.165) is 34.1 Å². The number of sulfonamides is 1. The Labute approximate surface area is 338 Å². The van der Waals surface area contributed by atoms with E-state index in [2.05, 4.69) is 20.0 Å². The molecule has 0 amide bonds. The van der Waals surface area contributed by atoms with Crippen LogP contribution < -0.4 is 29.2 Å². The largest absolute Gasteiger partial charge is 0.493 e. The normalized spacial score (nSPS) is 13.6. The van der Waals surface area contributed by atoms with Crippen LogP contribution in [0.3, 0.4) is 0 Å². The number of aromatic amines is 1. The van der Waals surface area contributed by atoms with Crippen molar-refractivity contribution in [2.75, 3.05) is 68.3 Å². The molecule has 0 spiro atoms. The number of nitrogens with zero attached hydrogens (tertiary/aromatic N) is 6. The molecule has 0 atom stereocenters. The number of rotatable bonds is 13. The molecule has 308 valence electrons. The molecule has 0 bridgehead atoms. The predicted molar refractivity (Wildman–Crippen MR) is 223 cm³/mol. The third-order valence-electron chi connectivity index (χ3n) is 10.0. The summed E-state index contributed by atoms with van der Waals surface area (Å²) >= 11 is 0. The van der Waals surface area contributed by atoms with E-state index < -0.39 is 10.0 Å². The molecule has 0 radical (unpaired) electrons. The first kappa shape index (κ1) is 41.9. The summed E-state index contributed by atoms with van der Waals surface area (Å²) in [5, 5.41) is 6.55. The van der Waals surface area contributed by atoms with E-state index >= 15 is 0 Å². The minimum absolute atomic E-state index is 0.147. The molecule has 58 heavy (non-hydrogen) atoms. The molecule has 1 saturated heterocycles. The third kappa shape index (κ3) is 8.73. The highest BCUT2D eigenvalue weighted by Crippen LogP contribution is 2.35. The molecule has 0 unspecified atom stereocenters. The Balaban J connectivity index is 0.000000203. The molecule has 15 nitrogen and oxygen atoms in total. The van der Waals surface area contributed by atoms with Crippen LogP contribution in [0.5, 0.6) is 28.7 Å². The van der Waals surface area contributed by atoms with Gasteiger partial charge in [0.25, 0.3) is 5.56 Å². The number of aromatic nitrogens is 5. The number of nitrogens with one attached hydrogen (secondary N) is 1. The summed E-state index contributed by atoms with van der Waals surface area (Å²) < 4.78 is 56.9. The Kier molecular flexibility index (Phi) is 13.2. The molecule has 7 rings (SSSR count). The van der Waals surface area contributed by atoms with Gasteiger partial charge in [0.1, 0.15) is 17.1 Å². The molecular formula is C42H51N7O8S. The monoisotopic (exact) mass is 813 g/mol. The Morgan fingerprint density at radius 1 is 0.776 bits per heavy atom. The minimum Gasteiger partial charge on any atom is -0.493 e. The van der Waals surface area contributed by atoms with Crippen molar-refractivity contribution in [2.24, 2.45) is 7.05 Å². The summed E-state index contributed by atoms with van der Waals surface area (Å²) in [7, 11) is 6.52. The van der Waals surface area contributed by atoms with Crippen LogP contribution in [0.1, 0.15) is 37.2 Å². The van der Waals surface area contributed by atoms with E-state index in [9.17, 15) is 13.2 Å². The number of hydrogen-bond donors (Lipinski definition) is 1. The van der Waals surface area contributed by atoms with E-state index in [1.54, 1.807) is 53.7 Å². The molecule has 3 aromatic carbocycles. The predicted octanol–water partition coefficient (Wildman–Crippen LogP) is 5.47. The van der Waals surface area contributed by atoms with Gasteiger partial charge in [-0.1, -0.05) is 19.4 Å². The zero-order valence-corrected chi connectivity index (χ0v) is 35.1. The quantitative estimate of drug-likeness (QED) is 0.157. The lowest BCUT2D eigenvalue weighted by atomic mass is 10.0. The second-order valence-corrected chi connectivity index (χ2v) is 15.7. The number of H-pyrrole nitrogens is 1. The molecule has 4 heterocycles. The second kappa shape index (κ2) is 18.3. The number of ether oxygens (including phenoxy) is 5. The zero-order valence-electron chi connectivity index (χ0n) is 34.3. The van der Waals surface area contributed by atoms with Crippen LogP contribution in [0, 0.1) is 0 Å². The van der Waals surface area contributed by atoms with Gasteiger partial charge in [0, 0.05) is 51.2 Å². The molecule has 16 heteroatoms. The molecule has 1 N–H and O–H groups in total. The lowest BCUT2D eigenvalue weighted by Gasteiger charge is -2.31. The molecule has 0 saturated carbocycles. The molecule has 6 aromatic rings. The summed E-state index contributed by atoms with van der Waals surface area (Å²) in [6.07, 6.45) is 4.03. The van der Waals surface area contributed by atoms with Crippen molar-refractivity contribution < 1.29 is 32.1 Å². The molecule has 3 aromatic heterocycles. The van der Waals surface area contributed by atoms with Gasteiger partial charge in [-0.2, -0.15) is 9.40 Å². The molecular weight excluding hydrogens is 763 g/mol. The summed E-state index contributed by atoms with van der Waals surface area (Å²) in [5.74, 6) is 3.54. The Morgan fingerprint density at radius 3 is 2.12 bits per heavy atom. The number of methoxy groups -OCH3 is 4. The topological polar surface area (TPSA) is 163 Å². The fraction of sp³-hybridized carbons (Fsp3) is 0.381. The lowest BCUT2D eigenvalue weighted by molar-refractivity contribution is 0.222. The van der Waals surface area contributed by atoms with Gasteiger partial charge in [0.15, 0.2) is 28.5 Å². The molecule has 1 aliphatic heterocycles. The fourth-order valence-electron chi connectivity index (χ4n) is 6.98. The number of likely N-dealkylation sites (N-methyl/N-ethyl adjacent to an activating group) is 1. The van der Waals surface area contributed by atoms with Crippen molar-refractivity contribution in [3.63, 3.8) is 0 Å². The minimum atomic E-state index is -3.70. The van der Waals surface area contributed by atoms with Gasteiger partial charge >= 0.3 is 0 Å². The lowest BCUT2D eigenvalue weighted by Crippen LogP contribution is -2.47. The number of hydrogen-bond acceptors (Lipinski definition) is 12. The number of benzene rings is 3. The van der Waals surface area contributed by atoms with Crippen molar-refractivity contribution in [3.05, 3.63) is 88.1 Å². The average molecular weight is 814 g/mol. The standard InChI is InChI=1S/C22H30N6O4S.C20H21NO4/c1-5-7-17-19-20(27(4)25-17)22(29)24-21(23-19)16-14-15(8-9-18(16)32-6-2)33(30,31)28-12-10-26(3)11-13-28;1-22-17-6-5-13(10-18(17)23-2)9-16-15-12-20(25-4)19(24-3)11-14(15)7-8-21-16/h8-9,14H,5-7,10-13H2,1-4H3,(H,23,24,29);5-8,10-12H,9H2,1-4H3. The highest BCUT2D eigenvalue weighted by atomic mass is 32.2. The maximum absolute atomic E-state index is 13.3. The van der Waals surface area contributed by atoms with Crippen molar-refractivity contribution >= 4 is 31.8 Å². The number of pyridine rings is 1. The number of piperazine rings is 1. The first-order valence-corrected chi connectivity index (χ1v) is 20.5. The smallest absolute Gasteiger partial charge is 0.277 e. The van der Waals surface area contributed by atoms with Crippen molar-refractivity contribution in [1.82, 2.24) is 33.9 Å². The van der Waals surface area contributed by atoms with Gasteiger partial charge in [0.2, 0.25) is 10.0 Å². The van der Waals surface area contributed by atoms with Crippen LogP contribution in [0.4, 0.5) is 0 Å². The van der Waals surface area contributed by atoms with Crippen molar-refractivity contribution in [3.8, 4) is 40.1 Å². The highest BCUT2D eigenvalue weighted by Gasteiger charge is 2.29. The van der Waals surface area contributed by atoms with Gasteiger partial charge in [-0.25, -0.2) is 13.4 Å². The summed E-state index contributed by atoms with van der Waals surface area (Å²) in [5.41, 5.74) is 3.80. The van der Waals surface area contributed by atoms with Gasteiger partial charge < -0.3 is 33.6 Å². The SMILES string of the molecule is CCCc1nn(C)c2c(=O)[nH]c(-c3cc(S(=O)(=O)N4CCN(C)CC4)ccc3OCC)nc12.COc1ccc(Cc2nccc3cc(OC)c(OC)cc23)cc1OC. The fourth-order valence-corrected chi connectivity index (χ4v) is 8.43.